The van der Waals surface area contributed by atoms with Crippen LogP contribution in [0.15, 0.2) is 24.3 Å². The second kappa shape index (κ2) is 5.98. The second-order valence-corrected chi connectivity index (χ2v) is 4.35. The molecule has 1 aromatic rings. The number of hydrogen-bond acceptors (Lipinski definition) is 3. The molecule has 1 fully saturated rings. The van der Waals surface area contributed by atoms with Crippen molar-refractivity contribution >= 4 is 0 Å². The molecule has 1 aliphatic rings. The van der Waals surface area contributed by atoms with Crippen LogP contribution in [-0.2, 0) is 4.74 Å². The molecule has 0 aromatic heterocycles. The van der Waals surface area contributed by atoms with Gasteiger partial charge in [-0.1, -0.05) is 0 Å². The predicted molar refractivity (Wildman–Crippen MR) is 61.4 cm³/mol. The molecule has 1 aliphatic heterocycles. The highest BCUT2D eigenvalue weighted by atomic mass is 19.1. The minimum absolute atomic E-state index is 0.105. The lowest BCUT2D eigenvalue weighted by atomic mass is 10.0. The molecule has 0 saturated carbocycles. The van der Waals surface area contributed by atoms with E-state index in [-0.39, 0.29) is 18.3 Å². The molecule has 0 amide bonds. The molecule has 3 nitrogen and oxygen atoms in total. The third kappa shape index (κ3) is 4.32. The molecule has 1 N–H and O–H groups in total. The Morgan fingerprint density at radius 1 is 1.41 bits per heavy atom. The molecule has 4 heteroatoms. The van der Waals surface area contributed by atoms with E-state index in [1.165, 1.54) is 12.1 Å². The summed E-state index contributed by atoms with van der Waals surface area (Å²) in [5.74, 6) is 0.471. The van der Waals surface area contributed by atoms with E-state index >= 15 is 0 Å². The summed E-state index contributed by atoms with van der Waals surface area (Å²) in [5, 5.41) is 9.20. The summed E-state index contributed by atoms with van der Waals surface area (Å²) in [7, 11) is 0. The van der Waals surface area contributed by atoms with E-state index in [4.69, 9.17) is 9.47 Å². The molecule has 0 unspecified atom stereocenters. The fourth-order valence-corrected chi connectivity index (χ4v) is 1.63. The summed E-state index contributed by atoms with van der Waals surface area (Å²) < 4.78 is 23.3. The topological polar surface area (TPSA) is 42.0 Å². The molecular weight excluding hydrogens is 223 g/mol. The maximum Gasteiger partial charge on any atom is 0.123 e. The Morgan fingerprint density at radius 2 is 2.12 bits per heavy atom. The number of hydrogen-bond donors (Lipinski definition) is 1. The molecule has 0 spiro atoms. The van der Waals surface area contributed by atoms with Crippen LogP contribution >= 0.6 is 0 Å². The maximum atomic E-state index is 12.7. The molecule has 0 radical (unpaired) electrons. The Labute approximate surface area is 100 Å². The zero-order valence-corrected chi connectivity index (χ0v) is 9.64. The van der Waals surface area contributed by atoms with Gasteiger partial charge in [0.05, 0.1) is 19.3 Å². The summed E-state index contributed by atoms with van der Waals surface area (Å²) in [6.07, 6.45) is 2.25. The van der Waals surface area contributed by atoms with E-state index in [0.29, 0.717) is 18.5 Å². The smallest absolute Gasteiger partial charge is 0.123 e. The van der Waals surface area contributed by atoms with Crippen LogP contribution < -0.4 is 4.74 Å². The second-order valence-electron chi connectivity index (χ2n) is 4.35. The molecule has 94 valence electrons. The van der Waals surface area contributed by atoms with Gasteiger partial charge in [-0.3, -0.25) is 0 Å². The molecule has 0 bridgehead atoms. The first-order chi connectivity index (χ1) is 8.28. The van der Waals surface area contributed by atoms with E-state index in [1.807, 2.05) is 0 Å². The van der Waals surface area contributed by atoms with Crippen molar-refractivity contribution in [1.82, 2.24) is 0 Å². The standard InChI is InChI=1S/C13H17FO3/c14-11-2-5-12(6-3-11)16-8-10(7-15)1-4-13-9-17-13/h2-3,5-6,10,13,15H,1,4,7-9H2/t10-,13-/m0/s1. The average Bonchev–Trinajstić information content (AvgIpc) is 3.15. The van der Waals surface area contributed by atoms with Crippen LogP contribution in [-0.4, -0.2) is 31.0 Å². The fourth-order valence-electron chi connectivity index (χ4n) is 1.63. The summed E-state index contributed by atoms with van der Waals surface area (Å²) >= 11 is 0. The lowest BCUT2D eigenvalue weighted by molar-refractivity contribution is 0.151. The van der Waals surface area contributed by atoms with Crippen molar-refractivity contribution in [3.05, 3.63) is 30.1 Å². The van der Waals surface area contributed by atoms with Crippen LogP contribution in [0.25, 0.3) is 0 Å². The van der Waals surface area contributed by atoms with Crippen LogP contribution in [0.5, 0.6) is 5.75 Å². The van der Waals surface area contributed by atoms with Gasteiger partial charge < -0.3 is 14.6 Å². The molecule has 1 saturated heterocycles. The zero-order chi connectivity index (χ0) is 12.1. The van der Waals surface area contributed by atoms with Gasteiger partial charge in [0.25, 0.3) is 0 Å². The van der Waals surface area contributed by atoms with Gasteiger partial charge in [-0.05, 0) is 37.1 Å². The van der Waals surface area contributed by atoms with E-state index in [0.717, 1.165) is 19.4 Å². The Morgan fingerprint density at radius 3 is 2.71 bits per heavy atom. The Hall–Kier alpha value is -1.13. The lowest BCUT2D eigenvalue weighted by Gasteiger charge is -2.14. The van der Waals surface area contributed by atoms with E-state index in [2.05, 4.69) is 0 Å². The van der Waals surface area contributed by atoms with Gasteiger partial charge in [-0.25, -0.2) is 4.39 Å². The lowest BCUT2D eigenvalue weighted by Crippen LogP contribution is -2.16. The quantitative estimate of drug-likeness (QED) is 0.741. The van der Waals surface area contributed by atoms with Crippen LogP contribution in [0, 0.1) is 11.7 Å². The van der Waals surface area contributed by atoms with Crippen molar-refractivity contribution in [1.29, 1.82) is 0 Å². The number of aliphatic hydroxyl groups is 1. The third-order valence-corrected chi connectivity index (χ3v) is 2.86. The van der Waals surface area contributed by atoms with Gasteiger partial charge in [-0.2, -0.15) is 0 Å². The van der Waals surface area contributed by atoms with E-state index in [1.54, 1.807) is 12.1 Å². The summed E-state index contributed by atoms with van der Waals surface area (Å²) in [4.78, 5) is 0. The molecule has 1 aromatic carbocycles. The van der Waals surface area contributed by atoms with Crippen molar-refractivity contribution in [2.24, 2.45) is 5.92 Å². The van der Waals surface area contributed by atoms with Crippen molar-refractivity contribution in [3.8, 4) is 5.75 Å². The summed E-state index contributed by atoms with van der Waals surface area (Å²) in [5.41, 5.74) is 0. The van der Waals surface area contributed by atoms with Crippen molar-refractivity contribution in [2.45, 2.75) is 18.9 Å². The van der Waals surface area contributed by atoms with Gasteiger partial charge in [0.2, 0.25) is 0 Å². The van der Waals surface area contributed by atoms with Gasteiger partial charge in [0, 0.05) is 12.5 Å². The number of aliphatic hydroxyl groups excluding tert-OH is 1. The molecule has 2 atom stereocenters. The predicted octanol–water partition coefficient (Wildman–Crippen LogP) is 1.99. The van der Waals surface area contributed by atoms with Gasteiger partial charge in [0.15, 0.2) is 0 Å². The van der Waals surface area contributed by atoms with Crippen LogP contribution in [0.2, 0.25) is 0 Å². The highest BCUT2D eigenvalue weighted by Crippen LogP contribution is 2.20. The van der Waals surface area contributed by atoms with Crippen molar-refractivity contribution in [2.75, 3.05) is 19.8 Å². The normalized spacial score (nSPS) is 20.0. The molecule has 17 heavy (non-hydrogen) atoms. The van der Waals surface area contributed by atoms with E-state index < -0.39 is 0 Å². The van der Waals surface area contributed by atoms with Crippen molar-refractivity contribution in [3.63, 3.8) is 0 Å². The van der Waals surface area contributed by atoms with E-state index in [9.17, 15) is 9.50 Å². The fraction of sp³-hybridized carbons (Fsp3) is 0.538. The number of rotatable bonds is 7. The maximum absolute atomic E-state index is 12.7. The minimum atomic E-state index is -0.276. The van der Waals surface area contributed by atoms with Crippen molar-refractivity contribution < 1.29 is 19.0 Å². The third-order valence-electron chi connectivity index (χ3n) is 2.86. The highest BCUT2D eigenvalue weighted by Gasteiger charge is 2.23. The van der Waals surface area contributed by atoms with Gasteiger partial charge >= 0.3 is 0 Å². The zero-order valence-electron chi connectivity index (χ0n) is 9.64. The van der Waals surface area contributed by atoms with Crippen LogP contribution in [0.4, 0.5) is 4.39 Å². The average molecular weight is 240 g/mol. The van der Waals surface area contributed by atoms with Crippen LogP contribution in [0.1, 0.15) is 12.8 Å². The van der Waals surface area contributed by atoms with Gasteiger partial charge in [0.1, 0.15) is 11.6 Å². The number of halogens is 1. The highest BCUT2D eigenvalue weighted by molar-refractivity contribution is 5.21. The first-order valence-corrected chi connectivity index (χ1v) is 5.88. The first-order valence-electron chi connectivity index (χ1n) is 5.88. The van der Waals surface area contributed by atoms with Gasteiger partial charge in [-0.15, -0.1) is 0 Å². The Balaban J connectivity index is 1.72. The molecule has 2 rings (SSSR count). The largest absolute Gasteiger partial charge is 0.493 e. The molecular formula is C13H17FO3. The number of epoxide rings is 1. The minimum Gasteiger partial charge on any atom is -0.493 e. The first kappa shape index (κ1) is 12.3. The molecule has 1 heterocycles. The Kier molecular flexibility index (Phi) is 4.34. The van der Waals surface area contributed by atoms with Crippen LogP contribution in [0.3, 0.4) is 0 Å². The number of benzene rings is 1. The summed E-state index contributed by atoms with van der Waals surface area (Å²) in [6.45, 7) is 1.40. The SMILES string of the molecule is OC[C@H](CC[C@H]1CO1)COc1ccc(F)cc1. The monoisotopic (exact) mass is 240 g/mol. The number of ether oxygens (including phenoxy) is 2. The Bertz CT molecular complexity index is 335. The molecule has 0 aliphatic carbocycles. The summed E-state index contributed by atoms with van der Waals surface area (Å²) in [6, 6.07) is 5.91.